The Morgan fingerprint density at radius 3 is 2.57 bits per heavy atom. The van der Waals surface area contributed by atoms with Crippen molar-refractivity contribution >= 4 is 11.8 Å². The van der Waals surface area contributed by atoms with E-state index >= 15 is 0 Å². The van der Waals surface area contributed by atoms with Gasteiger partial charge in [0.25, 0.3) is 0 Å². The fourth-order valence-electron chi connectivity index (χ4n) is 1.05. The topological polar surface area (TPSA) is 67.3 Å². The highest BCUT2D eigenvalue weighted by Crippen LogP contribution is 2.11. The number of hydrogen-bond donors (Lipinski definition) is 1. The molecule has 0 bridgehead atoms. The molecular weight excluding hydrogens is 182 g/mol. The zero-order valence-corrected chi connectivity index (χ0v) is 8.02. The molecule has 4 nitrogen and oxygen atoms in total. The molecule has 0 aliphatic rings. The van der Waals surface area contributed by atoms with Gasteiger partial charge in [-0.1, -0.05) is 13.8 Å². The van der Waals surface area contributed by atoms with Gasteiger partial charge in [0.15, 0.2) is 5.78 Å². The number of aromatic carboxylic acids is 1. The summed E-state index contributed by atoms with van der Waals surface area (Å²) in [4.78, 5) is 26.1. The van der Waals surface area contributed by atoms with Gasteiger partial charge in [-0.3, -0.25) is 9.78 Å². The van der Waals surface area contributed by atoms with Crippen LogP contribution < -0.4 is 0 Å². The lowest BCUT2D eigenvalue weighted by atomic mass is 10.0. The highest BCUT2D eigenvalue weighted by atomic mass is 16.4. The van der Waals surface area contributed by atoms with E-state index in [1.807, 2.05) is 0 Å². The summed E-state index contributed by atoms with van der Waals surface area (Å²) in [6.45, 7) is 3.42. The third-order valence-electron chi connectivity index (χ3n) is 1.80. The van der Waals surface area contributed by atoms with Crippen molar-refractivity contribution in [2.75, 3.05) is 0 Å². The summed E-state index contributed by atoms with van der Waals surface area (Å²) in [7, 11) is 0. The maximum absolute atomic E-state index is 11.5. The van der Waals surface area contributed by atoms with E-state index in [1.54, 1.807) is 13.8 Å². The van der Waals surface area contributed by atoms with E-state index in [0.29, 0.717) is 0 Å². The molecule has 0 amide bonds. The molecule has 1 rings (SSSR count). The first-order chi connectivity index (χ1) is 6.54. The third kappa shape index (κ3) is 1.96. The Hall–Kier alpha value is -1.71. The summed E-state index contributed by atoms with van der Waals surface area (Å²) in [6.07, 6.45) is 1.42. The van der Waals surface area contributed by atoms with E-state index in [0.717, 1.165) is 0 Å². The molecule has 4 heteroatoms. The largest absolute Gasteiger partial charge is 0.478 e. The average Bonchev–Trinajstić information content (AvgIpc) is 2.16. The van der Waals surface area contributed by atoms with Crippen molar-refractivity contribution in [2.24, 2.45) is 5.92 Å². The van der Waals surface area contributed by atoms with Crippen LogP contribution in [0.3, 0.4) is 0 Å². The monoisotopic (exact) mass is 193 g/mol. The molecular formula is C10H11NO3. The number of nitrogens with zero attached hydrogens (tertiary/aromatic N) is 1. The number of carbonyl (C=O) groups excluding carboxylic acids is 1. The molecule has 0 aliphatic heterocycles. The number of aromatic nitrogens is 1. The van der Waals surface area contributed by atoms with Gasteiger partial charge >= 0.3 is 5.97 Å². The lowest BCUT2D eigenvalue weighted by Crippen LogP contribution is -2.15. The number of carbonyl (C=O) groups is 2. The van der Waals surface area contributed by atoms with Crippen molar-refractivity contribution in [2.45, 2.75) is 13.8 Å². The van der Waals surface area contributed by atoms with E-state index in [1.165, 1.54) is 18.3 Å². The Kier molecular flexibility index (Phi) is 2.96. The summed E-state index contributed by atoms with van der Waals surface area (Å²) in [5.41, 5.74) is 0.00111. The first-order valence-electron chi connectivity index (χ1n) is 4.26. The third-order valence-corrected chi connectivity index (χ3v) is 1.80. The summed E-state index contributed by atoms with van der Waals surface area (Å²) in [5, 5.41) is 8.80. The van der Waals surface area contributed by atoms with E-state index in [9.17, 15) is 9.59 Å². The predicted molar refractivity (Wildman–Crippen MR) is 50.4 cm³/mol. The molecule has 0 atom stereocenters. The van der Waals surface area contributed by atoms with Crippen LogP contribution in [0.1, 0.15) is 34.7 Å². The maximum atomic E-state index is 11.5. The van der Waals surface area contributed by atoms with Gasteiger partial charge in [0.05, 0.1) is 5.56 Å². The summed E-state index contributed by atoms with van der Waals surface area (Å²) < 4.78 is 0. The van der Waals surface area contributed by atoms with Crippen LogP contribution in [0, 0.1) is 5.92 Å². The molecule has 0 radical (unpaired) electrons. The van der Waals surface area contributed by atoms with Gasteiger partial charge in [-0.05, 0) is 12.1 Å². The summed E-state index contributed by atoms with van der Waals surface area (Å²) in [6, 6.07) is 2.88. The smallest absolute Gasteiger partial charge is 0.338 e. The highest BCUT2D eigenvalue weighted by Gasteiger charge is 2.19. The second kappa shape index (κ2) is 4.00. The summed E-state index contributed by atoms with van der Waals surface area (Å²) in [5.74, 6) is -1.62. The number of ketones is 1. The van der Waals surface area contributed by atoms with Crippen LogP contribution >= 0.6 is 0 Å². The van der Waals surface area contributed by atoms with Crippen LogP contribution in [0.15, 0.2) is 18.3 Å². The van der Waals surface area contributed by atoms with Gasteiger partial charge in [-0.25, -0.2) is 4.79 Å². The van der Waals surface area contributed by atoms with Crippen LogP contribution in [0.2, 0.25) is 0 Å². The minimum absolute atomic E-state index is 0.0359. The molecule has 14 heavy (non-hydrogen) atoms. The molecule has 0 saturated heterocycles. The van der Waals surface area contributed by atoms with Crippen molar-refractivity contribution in [1.29, 1.82) is 0 Å². The molecule has 0 aliphatic carbocycles. The van der Waals surface area contributed by atoms with Crippen LogP contribution in [0.5, 0.6) is 0 Å². The van der Waals surface area contributed by atoms with Crippen molar-refractivity contribution in [3.63, 3.8) is 0 Å². The Labute approximate surface area is 81.6 Å². The second-order valence-electron chi connectivity index (χ2n) is 3.22. The molecule has 0 spiro atoms. The number of pyridine rings is 1. The van der Waals surface area contributed by atoms with Gasteiger partial charge in [0.2, 0.25) is 0 Å². The molecule has 1 aromatic rings. The molecule has 1 N–H and O–H groups in total. The Balaban J connectivity index is 3.20. The fraction of sp³-hybridized carbons (Fsp3) is 0.300. The summed E-state index contributed by atoms with van der Waals surface area (Å²) >= 11 is 0. The van der Waals surface area contributed by atoms with Crippen LogP contribution in [0.25, 0.3) is 0 Å². The van der Waals surface area contributed by atoms with Crippen molar-refractivity contribution < 1.29 is 14.7 Å². The minimum atomic E-state index is -1.12. The quantitative estimate of drug-likeness (QED) is 0.740. The molecule has 1 heterocycles. The number of carboxylic acids is 1. The Morgan fingerprint density at radius 1 is 1.43 bits per heavy atom. The first kappa shape index (κ1) is 10.4. The lowest BCUT2D eigenvalue weighted by Gasteiger charge is -2.05. The Morgan fingerprint density at radius 2 is 2.07 bits per heavy atom. The molecule has 0 saturated carbocycles. The van der Waals surface area contributed by atoms with Crippen molar-refractivity contribution in [3.05, 3.63) is 29.6 Å². The second-order valence-corrected chi connectivity index (χ2v) is 3.22. The van der Waals surface area contributed by atoms with Gasteiger partial charge in [-0.2, -0.15) is 0 Å². The van der Waals surface area contributed by atoms with Crippen LogP contribution in [-0.2, 0) is 0 Å². The van der Waals surface area contributed by atoms with E-state index in [4.69, 9.17) is 5.11 Å². The molecule has 0 aromatic carbocycles. The fourth-order valence-corrected chi connectivity index (χ4v) is 1.05. The molecule has 74 valence electrons. The van der Waals surface area contributed by atoms with Gasteiger partial charge in [0, 0.05) is 12.1 Å². The molecule has 1 aromatic heterocycles. The number of hydrogen-bond acceptors (Lipinski definition) is 3. The zero-order chi connectivity index (χ0) is 10.7. The molecule has 0 unspecified atom stereocenters. The van der Waals surface area contributed by atoms with Crippen molar-refractivity contribution in [3.8, 4) is 0 Å². The first-order valence-corrected chi connectivity index (χ1v) is 4.26. The Bertz CT molecular complexity index is 371. The number of carboxylic acid groups (broad SMARTS) is 1. The zero-order valence-electron chi connectivity index (χ0n) is 8.02. The number of rotatable bonds is 3. The standard InChI is InChI=1S/C10H11NO3/c1-6(2)9(12)8-7(10(13)14)4-3-5-11-8/h3-6H,1-2H3,(H,13,14). The van der Waals surface area contributed by atoms with Crippen molar-refractivity contribution in [1.82, 2.24) is 4.98 Å². The van der Waals surface area contributed by atoms with E-state index in [-0.39, 0.29) is 23.0 Å². The minimum Gasteiger partial charge on any atom is -0.478 e. The van der Waals surface area contributed by atoms with Crippen LogP contribution in [-0.4, -0.2) is 21.8 Å². The lowest BCUT2D eigenvalue weighted by molar-refractivity contribution is 0.0689. The van der Waals surface area contributed by atoms with Gasteiger partial charge in [-0.15, -0.1) is 0 Å². The maximum Gasteiger partial charge on any atom is 0.338 e. The van der Waals surface area contributed by atoms with Gasteiger partial charge < -0.3 is 5.11 Å². The SMILES string of the molecule is CC(C)C(=O)c1ncccc1C(=O)O. The van der Waals surface area contributed by atoms with E-state index < -0.39 is 5.97 Å². The predicted octanol–water partition coefficient (Wildman–Crippen LogP) is 1.62. The number of Topliss-reactive ketones (excluding diaryl/α,β-unsaturated/α-hetero) is 1. The highest BCUT2D eigenvalue weighted by molar-refractivity contribution is 6.04. The van der Waals surface area contributed by atoms with Crippen LogP contribution in [0.4, 0.5) is 0 Å². The van der Waals surface area contributed by atoms with E-state index in [2.05, 4.69) is 4.98 Å². The normalized spacial score (nSPS) is 10.2. The average molecular weight is 193 g/mol. The van der Waals surface area contributed by atoms with Gasteiger partial charge in [0.1, 0.15) is 5.69 Å². The molecule has 0 fully saturated rings.